The second kappa shape index (κ2) is 10.6. The molecule has 0 rings (SSSR count). The highest BCUT2D eigenvalue weighted by molar-refractivity contribution is 6.75. The molecule has 0 aromatic rings. The van der Waals surface area contributed by atoms with E-state index in [4.69, 9.17) is 19.7 Å². The fraction of sp³-hybridized carbons (Fsp3) is 0.920. The first-order chi connectivity index (χ1) is 13.5. The Morgan fingerprint density at radius 2 is 1.00 bits per heavy atom. The van der Waals surface area contributed by atoms with Crippen molar-refractivity contribution in [3.63, 3.8) is 0 Å². The van der Waals surface area contributed by atoms with E-state index in [9.17, 15) is 0 Å². The van der Waals surface area contributed by atoms with Crippen molar-refractivity contribution in [2.45, 2.75) is 142 Å². The van der Waals surface area contributed by atoms with E-state index in [1.54, 1.807) is 0 Å². The monoisotopic (exact) mass is 486 g/mol. The van der Waals surface area contributed by atoms with Crippen LogP contribution in [0.15, 0.2) is 0 Å². The van der Waals surface area contributed by atoms with Crippen molar-refractivity contribution < 1.29 is 13.3 Å². The van der Waals surface area contributed by atoms with Crippen molar-refractivity contribution >= 4 is 25.0 Å². The second-order valence-electron chi connectivity index (χ2n) is 13.6. The van der Waals surface area contributed by atoms with E-state index >= 15 is 0 Å². The van der Waals surface area contributed by atoms with Crippen LogP contribution in [0, 0.1) is 12.3 Å². The third kappa shape index (κ3) is 9.10. The molecule has 0 bridgehead atoms. The molecule has 0 spiro atoms. The normalized spacial score (nSPS) is 16.7. The van der Waals surface area contributed by atoms with Crippen LogP contribution in [0.3, 0.4) is 0 Å². The summed E-state index contributed by atoms with van der Waals surface area (Å²) in [5, 5.41) is 0.405. The molecule has 0 N–H and O–H groups in total. The van der Waals surface area contributed by atoms with Crippen LogP contribution >= 0.6 is 0 Å². The lowest BCUT2D eigenvalue weighted by atomic mass is 10.1. The Balaban J connectivity index is 6.08. The van der Waals surface area contributed by atoms with Gasteiger partial charge in [0.15, 0.2) is 25.0 Å². The smallest absolute Gasteiger partial charge is 0.192 e. The van der Waals surface area contributed by atoms with Crippen molar-refractivity contribution in [3.8, 4) is 12.3 Å². The zero-order chi connectivity index (χ0) is 25.1. The Bertz CT molecular complexity index is 599. The predicted molar refractivity (Wildman–Crippen MR) is 145 cm³/mol. The van der Waals surface area contributed by atoms with Gasteiger partial charge in [-0.15, -0.1) is 12.3 Å². The van der Waals surface area contributed by atoms with Gasteiger partial charge in [0, 0.05) is 6.42 Å². The molecule has 0 aliphatic carbocycles. The van der Waals surface area contributed by atoms with E-state index in [0.717, 1.165) is 6.42 Å². The molecule has 184 valence electrons. The van der Waals surface area contributed by atoms with Crippen LogP contribution in [-0.4, -0.2) is 43.8 Å². The Kier molecular flexibility index (Phi) is 10.6. The molecular weight excluding hydrogens is 433 g/mol. The average molecular weight is 487 g/mol. The molecule has 0 unspecified atom stereocenters. The Morgan fingerprint density at radius 1 is 0.645 bits per heavy atom. The molecule has 0 aromatic carbocycles. The minimum atomic E-state index is -2.01. The van der Waals surface area contributed by atoms with Crippen LogP contribution in [-0.2, 0) is 13.3 Å². The molecule has 6 heteroatoms. The van der Waals surface area contributed by atoms with Gasteiger partial charge in [-0.2, -0.15) is 0 Å². The van der Waals surface area contributed by atoms with Crippen LogP contribution in [0.5, 0.6) is 0 Å². The first-order valence-corrected chi connectivity index (χ1v) is 20.6. The molecule has 0 aliphatic heterocycles. The lowest BCUT2D eigenvalue weighted by Crippen LogP contribution is -2.54. The van der Waals surface area contributed by atoms with Crippen LogP contribution in [0.4, 0.5) is 0 Å². The molecule has 0 heterocycles. The van der Waals surface area contributed by atoms with Gasteiger partial charge in [0.05, 0.1) is 18.8 Å². The van der Waals surface area contributed by atoms with Crippen molar-refractivity contribution in [2.75, 3.05) is 6.61 Å². The van der Waals surface area contributed by atoms with E-state index in [-0.39, 0.29) is 27.3 Å². The standard InChI is InChI=1S/C25H54O3Si3/c1-17-18-19-21(27-30(13,14)24(5,6)7)22(28-31(15,16)25(8,9)10)20-26-29(11,12)23(2,3)4/h1,21-22H,18-20H2,2-16H3/t21-,22+/m1/s1. The molecule has 0 fully saturated rings. The van der Waals surface area contributed by atoms with Gasteiger partial charge in [-0.05, 0) is 60.8 Å². The summed E-state index contributed by atoms with van der Waals surface area (Å²) in [4.78, 5) is 0. The third-order valence-electron chi connectivity index (χ3n) is 7.91. The Hall–Kier alpha value is 0.0906. The van der Waals surface area contributed by atoms with Gasteiger partial charge in [0.1, 0.15) is 0 Å². The van der Waals surface area contributed by atoms with E-state index < -0.39 is 25.0 Å². The molecule has 2 atom stereocenters. The van der Waals surface area contributed by atoms with Crippen LogP contribution < -0.4 is 0 Å². The maximum atomic E-state index is 6.99. The molecule has 0 aromatic heterocycles. The number of hydrogen-bond donors (Lipinski definition) is 0. The minimum Gasteiger partial charge on any atom is -0.414 e. The van der Waals surface area contributed by atoms with Crippen LogP contribution in [0.25, 0.3) is 0 Å². The van der Waals surface area contributed by atoms with Crippen molar-refractivity contribution in [1.82, 2.24) is 0 Å². The van der Waals surface area contributed by atoms with E-state index in [1.807, 2.05) is 0 Å². The third-order valence-corrected chi connectivity index (χ3v) is 21.4. The van der Waals surface area contributed by atoms with Crippen LogP contribution in [0.1, 0.15) is 75.2 Å². The Labute approximate surface area is 198 Å². The summed E-state index contributed by atoms with van der Waals surface area (Å²) in [6.07, 6.45) is 7.03. The van der Waals surface area contributed by atoms with E-state index in [0.29, 0.717) is 13.0 Å². The Morgan fingerprint density at radius 3 is 1.32 bits per heavy atom. The van der Waals surface area contributed by atoms with Crippen molar-refractivity contribution in [2.24, 2.45) is 0 Å². The lowest BCUT2D eigenvalue weighted by molar-refractivity contribution is 0.000768. The topological polar surface area (TPSA) is 27.7 Å². The summed E-state index contributed by atoms with van der Waals surface area (Å²) in [7, 11) is -5.92. The quantitative estimate of drug-likeness (QED) is 0.230. The molecule has 0 aliphatic rings. The summed E-state index contributed by atoms with van der Waals surface area (Å²) < 4.78 is 20.6. The summed E-state index contributed by atoms with van der Waals surface area (Å²) >= 11 is 0. The first kappa shape index (κ1) is 31.1. The summed E-state index contributed by atoms with van der Waals surface area (Å²) in [6, 6.07) is 0. The van der Waals surface area contributed by atoms with Crippen molar-refractivity contribution in [1.29, 1.82) is 0 Å². The van der Waals surface area contributed by atoms with Gasteiger partial charge in [-0.25, -0.2) is 0 Å². The summed E-state index contributed by atoms with van der Waals surface area (Å²) in [5.74, 6) is 2.83. The molecule has 0 amide bonds. The zero-order valence-corrected chi connectivity index (χ0v) is 26.6. The number of terminal acetylenes is 1. The molecule has 31 heavy (non-hydrogen) atoms. The molecule has 3 nitrogen and oxygen atoms in total. The maximum Gasteiger partial charge on any atom is 0.192 e. The number of hydrogen-bond acceptors (Lipinski definition) is 3. The van der Waals surface area contributed by atoms with Gasteiger partial charge >= 0.3 is 0 Å². The minimum absolute atomic E-state index is 0.0455. The zero-order valence-electron chi connectivity index (χ0n) is 23.6. The van der Waals surface area contributed by atoms with Crippen molar-refractivity contribution in [3.05, 3.63) is 0 Å². The second-order valence-corrected chi connectivity index (χ2v) is 28.0. The van der Waals surface area contributed by atoms with Gasteiger partial charge < -0.3 is 13.3 Å². The van der Waals surface area contributed by atoms with Crippen LogP contribution in [0.2, 0.25) is 54.4 Å². The molecule has 0 saturated heterocycles. The molecular formula is C25H54O3Si3. The van der Waals surface area contributed by atoms with E-state index in [2.05, 4.69) is 108 Å². The molecule has 0 radical (unpaired) electrons. The lowest BCUT2D eigenvalue weighted by Gasteiger charge is -2.46. The fourth-order valence-corrected chi connectivity index (χ4v) is 6.11. The van der Waals surface area contributed by atoms with Gasteiger partial charge in [0.25, 0.3) is 0 Å². The van der Waals surface area contributed by atoms with Gasteiger partial charge in [-0.3, -0.25) is 0 Å². The summed E-state index contributed by atoms with van der Waals surface area (Å²) in [5.41, 5.74) is 0. The average Bonchev–Trinajstić information content (AvgIpc) is 2.52. The predicted octanol–water partition coefficient (Wildman–Crippen LogP) is 8.20. The highest BCUT2D eigenvalue weighted by Crippen LogP contribution is 2.42. The number of rotatable bonds is 10. The van der Waals surface area contributed by atoms with Gasteiger partial charge in [-0.1, -0.05) is 62.3 Å². The molecule has 0 saturated carbocycles. The fourth-order valence-electron chi connectivity index (χ4n) is 2.38. The maximum absolute atomic E-state index is 6.99. The SMILES string of the molecule is C#CCC[C@@H](O[Si](C)(C)C(C)(C)C)[C@H](CO[Si](C)(C)C(C)(C)C)O[Si](C)(C)C(C)(C)C. The van der Waals surface area contributed by atoms with Gasteiger partial charge in [0.2, 0.25) is 0 Å². The highest BCUT2D eigenvalue weighted by Gasteiger charge is 2.46. The summed E-state index contributed by atoms with van der Waals surface area (Å²) in [6.45, 7) is 35.0. The largest absolute Gasteiger partial charge is 0.414 e. The van der Waals surface area contributed by atoms with E-state index in [1.165, 1.54) is 0 Å². The highest BCUT2D eigenvalue weighted by atomic mass is 28.4. The first-order valence-electron chi connectivity index (χ1n) is 11.9.